The van der Waals surface area contributed by atoms with Gasteiger partial charge in [0.2, 0.25) is 0 Å². The van der Waals surface area contributed by atoms with E-state index in [0.717, 1.165) is 21.2 Å². The Morgan fingerprint density at radius 2 is 1.58 bits per heavy atom. The van der Waals surface area contributed by atoms with Crippen molar-refractivity contribution in [2.45, 2.75) is 0 Å². The molecule has 1 N–H and O–H groups in total. The van der Waals surface area contributed by atoms with E-state index in [1.54, 1.807) is 18.3 Å². The molecule has 0 unspecified atom stereocenters. The van der Waals surface area contributed by atoms with Gasteiger partial charge in [-0.25, -0.2) is 5.43 Å². The Morgan fingerprint density at radius 1 is 0.875 bits per heavy atom. The topological polar surface area (TPSA) is 41.5 Å². The number of hydrogen-bond donors (Lipinski definition) is 1. The minimum Gasteiger partial charge on any atom is -0.267 e. The van der Waals surface area contributed by atoms with Crippen molar-refractivity contribution < 1.29 is 4.79 Å². The summed E-state index contributed by atoms with van der Waals surface area (Å²) in [5.74, 6) is -0.235. The first kappa shape index (κ1) is 16.1. The molecule has 3 aromatic rings. The molecule has 0 aliphatic rings. The highest BCUT2D eigenvalue weighted by molar-refractivity contribution is 9.10. The third-order valence-electron chi connectivity index (χ3n) is 3.48. The Labute approximate surface area is 149 Å². The van der Waals surface area contributed by atoms with E-state index in [9.17, 15) is 4.79 Å². The van der Waals surface area contributed by atoms with E-state index in [2.05, 4.69) is 26.5 Å². The van der Waals surface area contributed by atoms with Crippen molar-refractivity contribution in [1.82, 2.24) is 5.43 Å². The van der Waals surface area contributed by atoms with Gasteiger partial charge >= 0.3 is 0 Å². The van der Waals surface area contributed by atoms with Crippen LogP contribution in [-0.4, -0.2) is 12.1 Å². The monoisotopic (exact) mass is 378 g/mol. The van der Waals surface area contributed by atoms with Crippen molar-refractivity contribution in [2.24, 2.45) is 5.10 Å². The van der Waals surface area contributed by atoms with Crippen LogP contribution in [0.3, 0.4) is 0 Å². The van der Waals surface area contributed by atoms with Gasteiger partial charge in [0.25, 0.3) is 5.91 Å². The van der Waals surface area contributed by atoms with Gasteiger partial charge in [-0.3, -0.25) is 4.79 Å². The lowest BCUT2D eigenvalue weighted by atomic mass is 10.0. The Bertz CT molecular complexity index is 858. The zero-order valence-corrected chi connectivity index (χ0v) is 14.4. The SMILES string of the molecule is O=C(N/N=C/c1cccc(Br)c1)c1ccc(-c2ccccc2)cc1. The summed E-state index contributed by atoms with van der Waals surface area (Å²) in [6.07, 6.45) is 1.61. The number of nitrogens with zero attached hydrogens (tertiary/aromatic N) is 1. The number of halogens is 1. The number of hydrazone groups is 1. The molecule has 0 saturated heterocycles. The van der Waals surface area contributed by atoms with Crippen LogP contribution >= 0.6 is 15.9 Å². The van der Waals surface area contributed by atoms with E-state index >= 15 is 0 Å². The van der Waals surface area contributed by atoms with Crippen molar-refractivity contribution in [2.75, 3.05) is 0 Å². The standard InChI is InChI=1S/C20H15BrN2O/c21-19-8-4-5-15(13-19)14-22-23-20(24)18-11-9-17(10-12-18)16-6-2-1-3-7-16/h1-14H,(H,23,24)/b22-14+. The fourth-order valence-electron chi connectivity index (χ4n) is 2.26. The molecule has 1 amide bonds. The molecule has 0 bridgehead atoms. The molecule has 3 rings (SSSR count). The van der Waals surface area contributed by atoms with Crippen molar-refractivity contribution in [1.29, 1.82) is 0 Å². The summed E-state index contributed by atoms with van der Waals surface area (Å²) in [6, 6.07) is 25.2. The molecule has 0 aliphatic heterocycles. The number of nitrogens with one attached hydrogen (secondary N) is 1. The highest BCUT2D eigenvalue weighted by Gasteiger charge is 2.04. The third-order valence-corrected chi connectivity index (χ3v) is 3.98. The van der Waals surface area contributed by atoms with Crippen LogP contribution in [0.4, 0.5) is 0 Å². The predicted octanol–water partition coefficient (Wildman–Crippen LogP) is 4.88. The highest BCUT2D eigenvalue weighted by Crippen LogP contribution is 2.19. The fraction of sp³-hybridized carbons (Fsp3) is 0. The molecule has 118 valence electrons. The Kier molecular flexibility index (Phi) is 5.18. The van der Waals surface area contributed by atoms with Crippen LogP contribution in [0.5, 0.6) is 0 Å². The zero-order valence-electron chi connectivity index (χ0n) is 12.8. The average molecular weight is 379 g/mol. The summed E-state index contributed by atoms with van der Waals surface area (Å²) >= 11 is 3.40. The first-order valence-electron chi connectivity index (χ1n) is 7.47. The molecule has 0 spiro atoms. The maximum atomic E-state index is 12.1. The number of hydrogen-bond acceptors (Lipinski definition) is 2. The first-order valence-corrected chi connectivity index (χ1v) is 8.26. The second-order valence-electron chi connectivity index (χ2n) is 5.20. The summed E-state index contributed by atoms with van der Waals surface area (Å²) in [7, 11) is 0. The van der Waals surface area contributed by atoms with E-state index in [0.29, 0.717) is 5.56 Å². The number of carbonyl (C=O) groups is 1. The van der Waals surface area contributed by atoms with Gasteiger partial charge in [0.15, 0.2) is 0 Å². The summed E-state index contributed by atoms with van der Waals surface area (Å²) in [4.78, 5) is 12.1. The average Bonchev–Trinajstić information content (AvgIpc) is 2.63. The van der Waals surface area contributed by atoms with Gasteiger partial charge in [0, 0.05) is 10.0 Å². The Morgan fingerprint density at radius 3 is 2.29 bits per heavy atom. The van der Waals surface area contributed by atoms with E-state index in [1.165, 1.54) is 0 Å². The first-order chi connectivity index (χ1) is 11.7. The van der Waals surface area contributed by atoms with E-state index < -0.39 is 0 Å². The van der Waals surface area contributed by atoms with Crippen molar-refractivity contribution in [3.05, 3.63) is 94.5 Å². The quantitative estimate of drug-likeness (QED) is 0.510. The molecule has 0 heterocycles. The largest absolute Gasteiger partial charge is 0.271 e. The molecule has 3 nitrogen and oxygen atoms in total. The fourth-order valence-corrected chi connectivity index (χ4v) is 2.68. The second kappa shape index (κ2) is 7.70. The highest BCUT2D eigenvalue weighted by atomic mass is 79.9. The van der Waals surface area contributed by atoms with Gasteiger partial charge in [-0.2, -0.15) is 5.10 Å². The summed E-state index contributed by atoms with van der Waals surface area (Å²) in [5, 5.41) is 3.99. The van der Waals surface area contributed by atoms with Crippen LogP contribution in [0.2, 0.25) is 0 Å². The molecule has 4 heteroatoms. The van der Waals surface area contributed by atoms with Crippen LogP contribution in [-0.2, 0) is 0 Å². The predicted molar refractivity (Wildman–Crippen MR) is 101 cm³/mol. The van der Waals surface area contributed by atoms with Crippen LogP contribution in [0.25, 0.3) is 11.1 Å². The van der Waals surface area contributed by atoms with Gasteiger partial charge < -0.3 is 0 Å². The lowest BCUT2D eigenvalue weighted by molar-refractivity contribution is 0.0955. The lowest BCUT2D eigenvalue weighted by Gasteiger charge is -2.03. The molecule has 3 aromatic carbocycles. The van der Waals surface area contributed by atoms with E-state index in [1.807, 2.05) is 66.7 Å². The Balaban J connectivity index is 1.65. The van der Waals surface area contributed by atoms with Gasteiger partial charge in [-0.05, 0) is 41.0 Å². The third kappa shape index (κ3) is 4.18. The van der Waals surface area contributed by atoms with E-state index in [4.69, 9.17) is 0 Å². The van der Waals surface area contributed by atoms with Gasteiger partial charge in [-0.15, -0.1) is 0 Å². The summed E-state index contributed by atoms with van der Waals surface area (Å²) < 4.78 is 0.967. The molecule has 0 saturated carbocycles. The number of rotatable bonds is 4. The number of carbonyl (C=O) groups excluding carboxylic acids is 1. The van der Waals surface area contributed by atoms with E-state index in [-0.39, 0.29) is 5.91 Å². The summed E-state index contributed by atoms with van der Waals surface area (Å²) in [5.41, 5.74) is 6.21. The second-order valence-corrected chi connectivity index (χ2v) is 6.11. The minimum atomic E-state index is -0.235. The number of benzene rings is 3. The van der Waals surface area contributed by atoms with Crippen molar-refractivity contribution in [3.8, 4) is 11.1 Å². The van der Waals surface area contributed by atoms with Gasteiger partial charge in [0.1, 0.15) is 0 Å². The van der Waals surface area contributed by atoms with Crippen LogP contribution in [0, 0.1) is 0 Å². The molecule has 0 fully saturated rings. The maximum Gasteiger partial charge on any atom is 0.271 e. The molecule has 0 atom stereocenters. The summed E-state index contributed by atoms with van der Waals surface area (Å²) in [6.45, 7) is 0. The van der Waals surface area contributed by atoms with Crippen LogP contribution < -0.4 is 5.43 Å². The smallest absolute Gasteiger partial charge is 0.267 e. The van der Waals surface area contributed by atoms with Gasteiger partial charge in [0.05, 0.1) is 6.21 Å². The molecule has 0 aliphatic carbocycles. The zero-order chi connectivity index (χ0) is 16.8. The normalized spacial score (nSPS) is 10.7. The minimum absolute atomic E-state index is 0.235. The molecule has 0 aromatic heterocycles. The molecular formula is C20H15BrN2O. The molecule has 24 heavy (non-hydrogen) atoms. The Hall–Kier alpha value is -2.72. The molecule has 0 radical (unpaired) electrons. The lowest BCUT2D eigenvalue weighted by Crippen LogP contribution is -2.17. The molecular weight excluding hydrogens is 364 g/mol. The van der Waals surface area contributed by atoms with Crippen LogP contribution in [0.15, 0.2) is 88.4 Å². The van der Waals surface area contributed by atoms with Crippen molar-refractivity contribution in [3.63, 3.8) is 0 Å². The van der Waals surface area contributed by atoms with Gasteiger partial charge in [-0.1, -0.05) is 70.5 Å². The maximum absolute atomic E-state index is 12.1. The number of amides is 1. The van der Waals surface area contributed by atoms with Crippen LogP contribution in [0.1, 0.15) is 15.9 Å². The van der Waals surface area contributed by atoms with Crippen molar-refractivity contribution >= 4 is 28.1 Å².